The van der Waals surface area contributed by atoms with Crippen LogP contribution in [0.5, 0.6) is 0 Å². The Morgan fingerprint density at radius 1 is 1.55 bits per heavy atom. The Hall–Kier alpha value is -1.09. The molecule has 0 spiro atoms. The van der Waals surface area contributed by atoms with Gasteiger partial charge in [-0.15, -0.1) is 12.4 Å². The minimum atomic E-state index is -3.87. The van der Waals surface area contributed by atoms with Crippen LogP contribution in [0, 0.1) is 6.92 Å². The molecule has 2 rings (SSSR count). The van der Waals surface area contributed by atoms with Crippen molar-refractivity contribution in [3.05, 3.63) is 17.6 Å². The number of rotatable bonds is 2. The van der Waals surface area contributed by atoms with Gasteiger partial charge in [-0.05, 0) is 13.8 Å². The number of carbonyl (C=O) groups is 1. The number of nitrogens with one attached hydrogen (secondary N) is 1. The van der Waals surface area contributed by atoms with Gasteiger partial charge >= 0.3 is 0 Å². The molecular formula is C11H18ClN3O4S. The normalized spacial score (nSPS) is 19.6. The molecule has 20 heavy (non-hydrogen) atoms. The van der Waals surface area contributed by atoms with Crippen LogP contribution in [0.3, 0.4) is 0 Å². The van der Waals surface area contributed by atoms with Crippen molar-refractivity contribution in [3.8, 4) is 0 Å². The first-order chi connectivity index (χ1) is 8.80. The molecule has 114 valence electrons. The highest BCUT2D eigenvalue weighted by molar-refractivity contribution is 7.89. The number of hydrogen-bond donors (Lipinski definition) is 2. The molecule has 0 bridgehead atoms. The molecule has 0 aromatic carbocycles. The maximum Gasteiger partial charge on any atom is 0.289 e. The van der Waals surface area contributed by atoms with E-state index in [0.717, 1.165) is 0 Å². The highest BCUT2D eigenvalue weighted by atomic mass is 35.5. The number of aryl methyl sites for hydroxylation is 1. The molecule has 0 unspecified atom stereocenters. The van der Waals surface area contributed by atoms with Crippen LogP contribution in [0.15, 0.2) is 15.4 Å². The van der Waals surface area contributed by atoms with Crippen molar-refractivity contribution in [1.29, 1.82) is 0 Å². The molecule has 0 saturated carbocycles. The third kappa shape index (κ3) is 3.32. The monoisotopic (exact) mass is 323 g/mol. The molecule has 1 amide bonds. The van der Waals surface area contributed by atoms with Crippen LogP contribution in [0.4, 0.5) is 0 Å². The van der Waals surface area contributed by atoms with E-state index in [1.54, 1.807) is 4.90 Å². The molecule has 3 N–H and O–H groups in total. The van der Waals surface area contributed by atoms with Gasteiger partial charge in [0.2, 0.25) is 10.0 Å². The first-order valence-electron chi connectivity index (χ1n) is 5.95. The van der Waals surface area contributed by atoms with Gasteiger partial charge in [0.25, 0.3) is 5.91 Å². The Kier molecular flexibility index (Phi) is 5.20. The number of amides is 1. The molecule has 0 radical (unpaired) electrons. The number of piperazine rings is 1. The maximum atomic E-state index is 12.3. The highest BCUT2D eigenvalue weighted by Gasteiger charge is 2.28. The largest absolute Gasteiger partial charge is 0.455 e. The molecule has 9 heteroatoms. The van der Waals surface area contributed by atoms with Gasteiger partial charge in [-0.1, -0.05) is 0 Å². The lowest BCUT2D eigenvalue weighted by molar-refractivity contribution is 0.0622. The lowest BCUT2D eigenvalue weighted by Gasteiger charge is -2.33. The fraction of sp³-hybridized carbons (Fsp3) is 0.545. The van der Waals surface area contributed by atoms with Crippen molar-refractivity contribution in [3.63, 3.8) is 0 Å². The van der Waals surface area contributed by atoms with Crippen molar-refractivity contribution in [1.82, 2.24) is 10.2 Å². The highest BCUT2D eigenvalue weighted by Crippen LogP contribution is 2.21. The van der Waals surface area contributed by atoms with E-state index in [0.29, 0.717) is 19.6 Å². The Morgan fingerprint density at radius 2 is 2.20 bits per heavy atom. The van der Waals surface area contributed by atoms with Crippen LogP contribution < -0.4 is 10.5 Å². The standard InChI is InChI=1S/C11H17N3O4S.ClH/c1-7-6-13-3-4-14(7)11(15)9-5-10(8(2)18-9)19(12,16)17;/h5,7,13H,3-4,6H2,1-2H3,(H2,12,16,17);1H/t7-;/m1./s1. The Bertz CT molecular complexity index is 599. The first kappa shape index (κ1) is 17.0. The molecule has 1 saturated heterocycles. The molecule has 2 heterocycles. The smallest absolute Gasteiger partial charge is 0.289 e. The van der Waals surface area contributed by atoms with E-state index >= 15 is 0 Å². The first-order valence-corrected chi connectivity index (χ1v) is 7.50. The van der Waals surface area contributed by atoms with Crippen molar-refractivity contribution in [2.45, 2.75) is 24.8 Å². The summed E-state index contributed by atoms with van der Waals surface area (Å²) in [5.74, 6) is -0.170. The van der Waals surface area contributed by atoms with Gasteiger partial charge in [-0.25, -0.2) is 13.6 Å². The van der Waals surface area contributed by atoms with E-state index < -0.39 is 10.0 Å². The van der Waals surface area contributed by atoms with Crippen LogP contribution in [0.1, 0.15) is 23.2 Å². The quantitative estimate of drug-likeness (QED) is 0.802. The molecule has 0 aliphatic carbocycles. The average Bonchev–Trinajstić information content (AvgIpc) is 2.71. The third-order valence-corrected chi connectivity index (χ3v) is 4.17. The van der Waals surface area contributed by atoms with Gasteiger partial charge in [0, 0.05) is 31.7 Å². The minimum Gasteiger partial charge on any atom is -0.455 e. The molecular weight excluding hydrogens is 306 g/mol. The number of halogens is 1. The van der Waals surface area contributed by atoms with E-state index in [4.69, 9.17) is 9.56 Å². The second-order valence-electron chi connectivity index (χ2n) is 4.63. The number of furan rings is 1. The number of carbonyl (C=O) groups excluding carboxylic acids is 1. The zero-order chi connectivity index (χ0) is 14.2. The topological polar surface area (TPSA) is 106 Å². The third-order valence-electron chi connectivity index (χ3n) is 3.15. The summed E-state index contributed by atoms with van der Waals surface area (Å²) < 4.78 is 27.9. The van der Waals surface area contributed by atoms with Crippen molar-refractivity contribution in [2.24, 2.45) is 5.14 Å². The van der Waals surface area contributed by atoms with E-state index in [-0.39, 0.29) is 40.8 Å². The van der Waals surface area contributed by atoms with E-state index in [2.05, 4.69) is 5.32 Å². The van der Waals surface area contributed by atoms with Crippen molar-refractivity contribution >= 4 is 28.3 Å². The SMILES string of the molecule is Cc1oc(C(=O)N2CCNC[C@H]2C)cc1S(N)(=O)=O.Cl. The lowest BCUT2D eigenvalue weighted by Crippen LogP contribution is -2.52. The Balaban J connectivity index is 0.00000200. The van der Waals surface area contributed by atoms with Gasteiger partial charge in [-0.3, -0.25) is 4.79 Å². The predicted molar refractivity (Wildman–Crippen MR) is 75.4 cm³/mol. The van der Waals surface area contributed by atoms with Gasteiger partial charge < -0.3 is 14.6 Å². The number of nitrogens with zero attached hydrogens (tertiary/aromatic N) is 1. The predicted octanol–water partition coefficient (Wildman–Crippen LogP) is 0.0911. The molecule has 1 aromatic heterocycles. The number of primary sulfonamides is 1. The van der Waals surface area contributed by atoms with Crippen molar-refractivity contribution in [2.75, 3.05) is 19.6 Å². The molecule has 1 atom stereocenters. The van der Waals surface area contributed by atoms with Crippen LogP contribution >= 0.6 is 12.4 Å². The summed E-state index contributed by atoms with van der Waals surface area (Å²) in [6, 6.07) is 1.23. The number of nitrogens with two attached hydrogens (primary N) is 1. The Morgan fingerprint density at radius 3 is 2.70 bits per heavy atom. The molecule has 7 nitrogen and oxygen atoms in total. The number of sulfonamides is 1. The van der Waals surface area contributed by atoms with Crippen LogP contribution in [0.2, 0.25) is 0 Å². The fourth-order valence-corrected chi connectivity index (χ4v) is 2.85. The second-order valence-corrected chi connectivity index (χ2v) is 6.16. The van der Waals surface area contributed by atoms with Crippen molar-refractivity contribution < 1.29 is 17.6 Å². The maximum absolute atomic E-state index is 12.3. The molecule has 1 aliphatic heterocycles. The van der Waals surface area contributed by atoms with E-state index in [1.165, 1.54) is 13.0 Å². The molecule has 1 aromatic rings. The summed E-state index contributed by atoms with van der Waals surface area (Å²) in [4.78, 5) is 13.8. The van der Waals surface area contributed by atoms with E-state index in [1.807, 2.05) is 6.92 Å². The minimum absolute atomic E-state index is 0. The summed E-state index contributed by atoms with van der Waals surface area (Å²) in [7, 11) is -3.87. The van der Waals surface area contributed by atoms with Gasteiger partial charge in [0.1, 0.15) is 10.7 Å². The molecule has 1 aliphatic rings. The number of hydrogen-bond acceptors (Lipinski definition) is 5. The average molecular weight is 324 g/mol. The summed E-state index contributed by atoms with van der Waals surface area (Å²) in [6.07, 6.45) is 0. The van der Waals surface area contributed by atoms with Gasteiger partial charge in [-0.2, -0.15) is 0 Å². The molecule has 1 fully saturated rings. The summed E-state index contributed by atoms with van der Waals surface area (Å²) in [5, 5.41) is 8.23. The zero-order valence-corrected chi connectivity index (χ0v) is 12.9. The summed E-state index contributed by atoms with van der Waals surface area (Å²) in [6.45, 7) is 5.36. The second kappa shape index (κ2) is 6.13. The zero-order valence-electron chi connectivity index (χ0n) is 11.3. The van der Waals surface area contributed by atoms with Crippen LogP contribution in [-0.4, -0.2) is 44.9 Å². The van der Waals surface area contributed by atoms with E-state index in [9.17, 15) is 13.2 Å². The lowest BCUT2D eigenvalue weighted by atomic mass is 10.2. The van der Waals surface area contributed by atoms with Crippen LogP contribution in [-0.2, 0) is 10.0 Å². The summed E-state index contributed by atoms with van der Waals surface area (Å²) in [5.41, 5.74) is 0. The van der Waals surface area contributed by atoms with Gasteiger partial charge in [0.15, 0.2) is 5.76 Å². The fourth-order valence-electron chi connectivity index (χ4n) is 2.14. The summed E-state index contributed by atoms with van der Waals surface area (Å²) >= 11 is 0. The Labute approximate surface area is 123 Å². The van der Waals surface area contributed by atoms with Gasteiger partial charge in [0.05, 0.1) is 0 Å². The van der Waals surface area contributed by atoms with Crippen LogP contribution in [0.25, 0.3) is 0 Å².